The van der Waals surface area contributed by atoms with Crippen LogP contribution >= 0.6 is 11.8 Å². The maximum Gasteiger partial charge on any atom is 0.284 e. The SMILES string of the molecule is CCN(CC)CCS/C(N)=N/S(=O)(=O)c1ccc(N)cc1. The van der Waals surface area contributed by atoms with Gasteiger partial charge in [0.25, 0.3) is 10.0 Å². The van der Waals surface area contributed by atoms with E-state index < -0.39 is 10.0 Å². The van der Waals surface area contributed by atoms with E-state index in [1.807, 2.05) is 0 Å². The summed E-state index contributed by atoms with van der Waals surface area (Å²) in [7, 11) is -3.77. The van der Waals surface area contributed by atoms with Crippen molar-refractivity contribution in [2.75, 3.05) is 31.1 Å². The van der Waals surface area contributed by atoms with Crippen molar-refractivity contribution in [3.05, 3.63) is 24.3 Å². The predicted molar refractivity (Wildman–Crippen MR) is 89.9 cm³/mol. The van der Waals surface area contributed by atoms with Gasteiger partial charge in [0.1, 0.15) is 0 Å². The maximum atomic E-state index is 12.0. The smallest absolute Gasteiger partial charge is 0.284 e. The van der Waals surface area contributed by atoms with E-state index in [-0.39, 0.29) is 10.1 Å². The minimum atomic E-state index is -3.77. The summed E-state index contributed by atoms with van der Waals surface area (Å²) >= 11 is 1.24. The Hall–Kier alpha value is -1.25. The van der Waals surface area contributed by atoms with Crippen LogP contribution in [0.3, 0.4) is 0 Å². The van der Waals surface area contributed by atoms with Gasteiger partial charge in [0, 0.05) is 18.0 Å². The number of thioether (sulfide) groups is 1. The molecule has 21 heavy (non-hydrogen) atoms. The number of hydrogen-bond donors (Lipinski definition) is 2. The van der Waals surface area contributed by atoms with Gasteiger partial charge in [-0.05, 0) is 37.4 Å². The molecule has 6 nitrogen and oxygen atoms in total. The van der Waals surface area contributed by atoms with Gasteiger partial charge >= 0.3 is 0 Å². The van der Waals surface area contributed by atoms with E-state index in [1.165, 1.54) is 36.0 Å². The van der Waals surface area contributed by atoms with Crippen LogP contribution in [0.25, 0.3) is 0 Å². The molecule has 0 radical (unpaired) electrons. The molecule has 0 amide bonds. The molecule has 4 N–H and O–H groups in total. The number of nitrogen functional groups attached to an aromatic ring is 1. The van der Waals surface area contributed by atoms with Gasteiger partial charge < -0.3 is 16.4 Å². The highest BCUT2D eigenvalue weighted by molar-refractivity contribution is 8.14. The monoisotopic (exact) mass is 330 g/mol. The summed E-state index contributed by atoms with van der Waals surface area (Å²) < 4.78 is 27.7. The molecule has 0 spiro atoms. The minimum Gasteiger partial charge on any atom is -0.399 e. The van der Waals surface area contributed by atoms with Gasteiger partial charge in [0.15, 0.2) is 5.17 Å². The second-order valence-corrected chi connectivity index (χ2v) is 7.07. The van der Waals surface area contributed by atoms with Crippen molar-refractivity contribution in [1.29, 1.82) is 0 Å². The Morgan fingerprint density at radius 2 is 1.81 bits per heavy atom. The fraction of sp³-hybridized carbons (Fsp3) is 0.462. The number of sulfonamides is 1. The molecule has 0 aliphatic carbocycles. The highest BCUT2D eigenvalue weighted by Gasteiger charge is 2.13. The average molecular weight is 330 g/mol. The lowest BCUT2D eigenvalue weighted by Crippen LogP contribution is -2.26. The summed E-state index contributed by atoms with van der Waals surface area (Å²) in [6.07, 6.45) is 0. The van der Waals surface area contributed by atoms with Crippen molar-refractivity contribution in [2.45, 2.75) is 18.7 Å². The average Bonchev–Trinajstić information content (AvgIpc) is 2.43. The highest BCUT2D eigenvalue weighted by atomic mass is 32.2. The quantitative estimate of drug-likeness (QED) is 0.444. The Morgan fingerprint density at radius 1 is 1.24 bits per heavy atom. The molecule has 1 rings (SSSR count). The Labute approximate surface area is 130 Å². The maximum absolute atomic E-state index is 12.0. The Bertz CT molecular complexity index is 566. The van der Waals surface area contributed by atoms with Crippen molar-refractivity contribution in [1.82, 2.24) is 4.90 Å². The normalized spacial score (nSPS) is 12.8. The first kappa shape index (κ1) is 17.8. The van der Waals surface area contributed by atoms with Crippen LogP contribution in [0.5, 0.6) is 0 Å². The van der Waals surface area contributed by atoms with E-state index in [9.17, 15) is 8.42 Å². The van der Waals surface area contributed by atoms with Gasteiger partial charge in [-0.3, -0.25) is 0 Å². The summed E-state index contributed by atoms with van der Waals surface area (Å²) in [5, 5.41) is 0.0546. The van der Waals surface area contributed by atoms with E-state index in [1.54, 1.807) is 0 Å². The summed E-state index contributed by atoms with van der Waals surface area (Å²) in [6.45, 7) is 6.92. The number of benzene rings is 1. The predicted octanol–water partition coefficient (Wildman–Crippen LogP) is 1.35. The molecular formula is C13H22N4O2S2. The first-order valence-electron chi connectivity index (χ1n) is 6.70. The molecule has 0 unspecified atom stereocenters. The van der Waals surface area contributed by atoms with Crippen LogP contribution < -0.4 is 11.5 Å². The van der Waals surface area contributed by atoms with E-state index >= 15 is 0 Å². The third-order valence-corrected chi connectivity index (χ3v) is 5.13. The second-order valence-electron chi connectivity index (χ2n) is 4.35. The van der Waals surface area contributed by atoms with Crippen LogP contribution in [0.2, 0.25) is 0 Å². The zero-order chi connectivity index (χ0) is 15.9. The number of nitrogens with zero attached hydrogens (tertiary/aromatic N) is 2. The zero-order valence-electron chi connectivity index (χ0n) is 12.3. The van der Waals surface area contributed by atoms with Gasteiger partial charge in [-0.25, -0.2) is 0 Å². The first-order valence-corrected chi connectivity index (χ1v) is 9.12. The summed E-state index contributed by atoms with van der Waals surface area (Å²) in [4.78, 5) is 2.32. The third kappa shape index (κ3) is 5.94. The van der Waals surface area contributed by atoms with Crippen LogP contribution in [-0.2, 0) is 10.0 Å². The summed E-state index contributed by atoms with van der Waals surface area (Å²) in [6, 6.07) is 5.88. The molecule has 0 aliphatic heterocycles. The van der Waals surface area contributed by atoms with Crippen molar-refractivity contribution in [2.24, 2.45) is 10.1 Å². The van der Waals surface area contributed by atoms with Crippen molar-refractivity contribution in [3.8, 4) is 0 Å². The van der Waals surface area contributed by atoms with Gasteiger partial charge in [-0.1, -0.05) is 25.6 Å². The van der Waals surface area contributed by atoms with Gasteiger partial charge in [-0.2, -0.15) is 8.42 Å². The third-order valence-electron chi connectivity index (χ3n) is 2.94. The van der Waals surface area contributed by atoms with Crippen LogP contribution in [-0.4, -0.2) is 43.9 Å². The molecule has 0 atom stereocenters. The Balaban J connectivity index is 2.65. The molecular weight excluding hydrogens is 308 g/mol. The molecule has 118 valence electrons. The number of amidine groups is 1. The highest BCUT2D eigenvalue weighted by Crippen LogP contribution is 2.15. The van der Waals surface area contributed by atoms with Crippen LogP contribution in [0.1, 0.15) is 13.8 Å². The number of hydrogen-bond acceptors (Lipinski definition) is 5. The van der Waals surface area contributed by atoms with Crippen molar-refractivity contribution < 1.29 is 8.42 Å². The van der Waals surface area contributed by atoms with E-state index in [0.717, 1.165) is 19.6 Å². The van der Waals surface area contributed by atoms with Crippen LogP contribution in [0.15, 0.2) is 33.6 Å². The molecule has 1 aromatic carbocycles. The van der Waals surface area contributed by atoms with E-state index in [0.29, 0.717) is 11.4 Å². The molecule has 0 saturated heterocycles. The molecule has 0 bridgehead atoms. The Kier molecular flexibility index (Phi) is 7.00. The Morgan fingerprint density at radius 3 is 2.33 bits per heavy atom. The first-order chi connectivity index (χ1) is 9.89. The van der Waals surface area contributed by atoms with Gasteiger partial charge in [-0.15, -0.1) is 4.40 Å². The second kappa shape index (κ2) is 8.26. The lowest BCUT2D eigenvalue weighted by molar-refractivity contribution is 0.324. The number of rotatable bonds is 7. The van der Waals surface area contributed by atoms with Crippen LogP contribution in [0.4, 0.5) is 5.69 Å². The van der Waals surface area contributed by atoms with Crippen LogP contribution in [0, 0.1) is 0 Å². The molecule has 1 aromatic rings. The molecule has 0 fully saturated rings. The van der Waals surface area contributed by atoms with Gasteiger partial charge in [0.2, 0.25) is 0 Å². The fourth-order valence-electron chi connectivity index (χ4n) is 1.66. The molecule has 0 aromatic heterocycles. The summed E-state index contributed by atoms with van der Waals surface area (Å²) in [5.41, 5.74) is 11.7. The number of anilines is 1. The topological polar surface area (TPSA) is 102 Å². The fourth-order valence-corrected chi connectivity index (χ4v) is 3.54. The van der Waals surface area contributed by atoms with E-state index in [4.69, 9.17) is 11.5 Å². The van der Waals surface area contributed by atoms with Crippen molar-refractivity contribution in [3.63, 3.8) is 0 Å². The van der Waals surface area contributed by atoms with Gasteiger partial charge in [0.05, 0.1) is 4.90 Å². The van der Waals surface area contributed by atoms with Crippen molar-refractivity contribution >= 4 is 32.6 Å². The van der Waals surface area contributed by atoms with E-state index in [2.05, 4.69) is 23.1 Å². The lowest BCUT2D eigenvalue weighted by atomic mass is 10.3. The molecule has 8 heteroatoms. The standard InChI is InChI=1S/C13H22N4O2S2/c1-3-17(4-2)9-10-20-13(15)16-21(18,19)12-7-5-11(14)6-8-12/h5-8H,3-4,9-10,14H2,1-2H3,(H2,15,16). The largest absolute Gasteiger partial charge is 0.399 e. The number of nitrogens with two attached hydrogens (primary N) is 2. The lowest BCUT2D eigenvalue weighted by Gasteiger charge is -2.16. The minimum absolute atomic E-state index is 0.0546. The molecule has 0 heterocycles. The molecule has 0 saturated carbocycles. The molecule has 0 aliphatic rings. The summed E-state index contributed by atoms with van der Waals surface area (Å²) in [5.74, 6) is 0.703. The zero-order valence-corrected chi connectivity index (χ0v) is 14.0.